The van der Waals surface area contributed by atoms with E-state index in [1.807, 2.05) is 13.8 Å². The molecule has 0 bridgehead atoms. The second-order valence-corrected chi connectivity index (χ2v) is 8.67. The van der Waals surface area contributed by atoms with Gasteiger partial charge in [-0.1, -0.05) is 13.2 Å². The van der Waals surface area contributed by atoms with Crippen molar-refractivity contribution in [3.05, 3.63) is 53.1 Å². The van der Waals surface area contributed by atoms with Gasteiger partial charge in [0.1, 0.15) is 11.1 Å². The van der Waals surface area contributed by atoms with Crippen LogP contribution in [0.4, 0.5) is 9.80 Å². The van der Waals surface area contributed by atoms with Crippen molar-refractivity contribution in [1.82, 2.24) is 4.90 Å². The number of fused-ring (bicyclic) bond motifs is 1. The topological polar surface area (TPSA) is 94.8 Å². The molecule has 164 valence electrons. The summed E-state index contributed by atoms with van der Waals surface area (Å²) in [5.41, 5.74) is 2.06. The number of hydrogen-bond donors (Lipinski definition) is 1. The molecule has 8 heteroatoms. The van der Waals surface area contributed by atoms with Gasteiger partial charge >= 0.3 is 6.09 Å². The van der Waals surface area contributed by atoms with Gasteiger partial charge in [-0.05, 0) is 56.2 Å². The molecule has 0 aliphatic heterocycles. The molecule has 0 fully saturated rings. The van der Waals surface area contributed by atoms with Crippen LogP contribution >= 0.6 is 11.3 Å². The molecule has 0 radical (unpaired) electrons. The first-order valence-corrected chi connectivity index (χ1v) is 10.8. The van der Waals surface area contributed by atoms with Gasteiger partial charge in [0.15, 0.2) is 0 Å². The lowest BCUT2D eigenvalue weighted by Gasteiger charge is -2.25. The van der Waals surface area contributed by atoms with E-state index in [4.69, 9.17) is 4.74 Å². The molecule has 1 atom stereocenters. The number of amides is 2. The van der Waals surface area contributed by atoms with E-state index in [2.05, 4.69) is 29.5 Å². The maximum atomic E-state index is 12.3. The van der Waals surface area contributed by atoms with Gasteiger partial charge < -0.3 is 15.0 Å². The molecule has 0 aromatic carbocycles. The van der Waals surface area contributed by atoms with E-state index in [1.165, 1.54) is 29.8 Å². The number of rotatable bonds is 8. The third-order valence-corrected chi connectivity index (χ3v) is 6.19. The van der Waals surface area contributed by atoms with Crippen molar-refractivity contribution in [3.8, 4) is 6.07 Å². The van der Waals surface area contributed by atoms with Crippen LogP contribution in [0.5, 0.6) is 0 Å². The van der Waals surface area contributed by atoms with Crippen molar-refractivity contribution in [2.75, 3.05) is 19.0 Å². The molecule has 1 heterocycles. The number of carbonyl (C=O) groups is 2. The molecule has 2 amide bonds. The summed E-state index contributed by atoms with van der Waals surface area (Å²) in [6, 6.07) is 2.30. The standard InChI is InChI=1S/C23H28N4O3S/c1-6-25-13-16(4)7-10-21(28)26-22-19(12-24)18-9-8-17(11-20(18)31-22)14-30-23(29)27(5)15(2)3/h6-7,10,13,15,17H,1,4,8-9,11,14H2,2-3,5H3,(H,26,28)/b10-7+,25-13?. The van der Waals surface area contributed by atoms with Crippen LogP contribution in [0.1, 0.15) is 36.3 Å². The maximum Gasteiger partial charge on any atom is 0.409 e. The van der Waals surface area contributed by atoms with Crippen molar-refractivity contribution in [2.45, 2.75) is 39.2 Å². The number of nitrogens with zero attached hydrogens (tertiary/aromatic N) is 3. The van der Waals surface area contributed by atoms with Crippen LogP contribution in [0.25, 0.3) is 0 Å². The van der Waals surface area contributed by atoms with Gasteiger partial charge in [-0.25, -0.2) is 4.79 Å². The molecular formula is C23H28N4O3S. The second-order valence-electron chi connectivity index (χ2n) is 7.57. The Kier molecular flexibility index (Phi) is 8.76. The van der Waals surface area contributed by atoms with Crippen LogP contribution < -0.4 is 5.32 Å². The molecule has 1 N–H and O–H groups in total. The minimum absolute atomic E-state index is 0.0765. The predicted molar refractivity (Wildman–Crippen MR) is 124 cm³/mol. The van der Waals surface area contributed by atoms with Crippen molar-refractivity contribution < 1.29 is 14.3 Å². The molecule has 1 aliphatic rings. The molecule has 1 aromatic heterocycles. The highest BCUT2D eigenvalue weighted by Gasteiger charge is 2.27. The number of nitrogens with one attached hydrogen (secondary N) is 1. The summed E-state index contributed by atoms with van der Waals surface area (Å²) in [7, 11) is 1.72. The van der Waals surface area contributed by atoms with E-state index >= 15 is 0 Å². The largest absolute Gasteiger partial charge is 0.449 e. The highest BCUT2D eigenvalue weighted by Crippen LogP contribution is 2.39. The van der Waals surface area contributed by atoms with E-state index in [0.29, 0.717) is 29.2 Å². The Labute approximate surface area is 187 Å². The van der Waals surface area contributed by atoms with Gasteiger partial charge in [0.25, 0.3) is 0 Å². The van der Waals surface area contributed by atoms with Crippen LogP contribution in [0, 0.1) is 17.2 Å². The minimum atomic E-state index is -0.342. The number of allylic oxidation sites excluding steroid dienone is 2. The molecule has 1 aromatic rings. The molecular weight excluding hydrogens is 412 g/mol. The number of carbonyl (C=O) groups excluding carboxylic acids is 2. The normalized spacial score (nSPS) is 15.5. The van der Waals surface area contributed by atoms with E-state index in [1.54, 1.807) is 18.0 Å². The molecule has 1 unspecified atom stereocenters. The highest BCUT2D eigenvalue weighted by atomic mass is 32.1. The lowest BCUT2D eigenvalue weighted by atomic mass is 9.88. The van der Waals surface area contributed by atoms with Crippen LogP contribution in [-0.2, 0) is 22.4 Å². The zero-order valence-electron chi connectivity index (χ0n) is 18.2. The highest BCUT2D eigenvalue weighted by molar-refractivity contribution is 7.16. The predicted octanol–water partition coefficient (Wildman–Crippen LogP) is 4.47. The smallest absolute Gasteiger partial charge is 0.409 e. The molecule has 31 heavy (non-hydrogen) atoms. The van der Waals surface area contributed by atoms with Gasteiger partial charge in [-0.2, -0.15) is 5.26 Å². The number of aliphatic imine (C=N–C) groups is 1. The van der Waals surface area contributed by atoms with Crippen molar-refractivity contribution in [1.29, 1.82) is 5.26 Å². The Morgan fingerprint density at radius 1 is 1.45 bits per heavy atom. The van der Waals surface area contributed by atoms with Crippen molar-refractivity contribution >= 4 is 34.6 Å². The Morgan fingerprint density at radius 2 is 2.19 bits per heavy atom. The first kappa shape index (κ1) is 24.1. The van der Waals surface area contributed by atoms with Gasteiger partial charge in [0.2, 0.25) is 5.91 Å². The van der Waals surface area contributed by atoms with E-state index in [0.717, 1.165) is 23.3 Å². The summed E-state index contributed by atoms with van der Waals surface area (Å²) in [5, 5.41) is 13.0. The first-order chi connectivity index (χ1) is 14.8. The van der Waals surface area contributed by atoms with E-state index < -0.39 is 0 Å². The number of nitriles is 1. The fourth-order valence-corrected chi connectivity index (χ4v) is 4.35. The van der Waals surface area contributed by atoms with E-state index in [9.17, 15) is 14.9 Å². The third kappa shape index (κ3) is 6.66. The molecule has 0 saturated carbocycles. The number of hydrogen-bond acceptors (Lipinski definition) is 6. The third-order valence-electron chi connectivity index (χ3n) is 5.02. The van der Waals surface area contributed by atoms with Gasteiger partial charge in [-0.15, -0.1) is 11.3 Å². The van der Waals surface area contributed by atoms with Crippen LogP contribution in [0.15, 0.2) is 42.1 Å². The zero-order valence-corrected chi connectivity index (χ0v) is 19.0. The van der Waals surface area contributed by atoms with Crippen LogP contribution in [-0.4, -0.2) is 42.8 Å². The minimum Gasteiger partial charge on any atom is -0.449 e. The number of ether oxygens (including phenoxy) is 1. The average molecular weight is 441 g/mol. The van der Waals surface area contributed by atoms with Gasteiger partial charge in [0, 0.05) is 36.5 Å². The van der Waals surface area contributed by atoms with Crippen LogP contribution in [0.3, 0.4) is 0 Å². The average Bonchev–Trinajstić information content (AvgIpc) is 3.09. The lowest BCUT2D eigenvalue weighted by Crippen LogP contribution is -2.35. The fourth-order valence-electron chi connectivity index (χ4n) is 3.03. The maximum absolute atomic E-state index is 12.3. The quantitative estimate of drug-likeness (QED) is 0.367. The van der Waals surface area contributed by atoms with Crippen LogP contribution in [0.2, 0.25) is 0 Å². The summed E-state index contributed by atoms with van der Waals surface area (Å²) in [6.07, 6.45) is 7.70. The molecule has 0 saturated heterocycles. The van der Waals surface area contributed by atoms with Crippen molar-refractivity contribution in [3.63, 3.8) is 0 Å². The molecule has 0 spiro atoms. The number of anilines is 1. The zero-order chi connectivity index (χ0) is 23.0. The molecule has 2 rings (SSSR count). The van der Waals surface area contributed by atoms with E-state index in [-0.39, 0.29) is 24.0 Å². The summed E-state index contributed by atoms with van der Waals surface area (Å²) in [6.45, 7) is 11.4. The Bertz CT molecular complexity index is 953. The first-order valence-electron chi connectivity index (χ1n) is 10.0. The summed E-state index contributed by atoms with van der Waals surface area (Å²) >= 11 is 1.41. The van der Waals surface area contributed by atoms with Gasteiger partial charge in [0.05, 0.1) is 12.2 Å². The summed E-state index contributed by atoms with van der Waals surface area (Å²) in [5.74, 6) is -0.149. The monoisotopic (exact) mass is 440 g/mol. The Morgan fingerprint density at radius 3 is 2.84 bits per heavy atom. The lowest BCUT2D eigenvalue weighted by molar-refractivity contribution is -0.111. The molecule has 1 aliphatic carbocycles. The summed E-state index contributed by atoms with van der Waals surface area (Å²) < 4.78 is 5.45. The summed E-state index contributed by atoms with van der Waals surface area (Å²) in [4.78, 5) is 30.8. The van der Waals surface area contributed by atoms with Gasteiger partial charge in [-0.3, -0.25) is 9.79 Å². The second kappa shape index (κ2) is 11.3. The Hall–Kier alpha value is -3.18. The Balaban J connectivity index is 2.02. The SMILES string of the molecule is C=CN=CC(=C)/C=C/C(=O)Nc1sc2c(c1C#N)CCC(COC(=O)N(C)C(C)C)C2. The number of thiophene rings is 1. The van der Waals surface area contributed by atoms with Crippen molar-refractivity contribution in [2.24, 2.45) is 10.9 Å². The fraction of sp³-hybridized carbons (Fsp3) is 0.391. The molecule has 7 nitrogen and oxygen atoms in total.